The molecule has 3 aromatic heterocycles. The zero-order valence-corrected chi connectivity index (χ0v) is 18.4. The molecule has 3 heterocycles. The normalized spacial score (nSPS) is 10.5. The highest BCUT2D eigenvalue weighted by molar-refractivity contribution is 7.98. The van der Waals surface area contributed by atoms with Crippen molar-refractivity contribution in [2.45, 2.75) is 10.8 Å². The number of anilines is 1. The van der Waals surface area contributed by atoms with E-state index in [9.17, 15) is 10.5 Å². The Balaban J connectivity index is 1.64. The van der Waals surface area contributed by atoms with Crippen LogP contribution in [-0.4, -0.2) is 15.0 Å². The second-order valence-corrected chi connectivity index (χ2v) is 9.08. The molecule has 0 aliphatic carbocycles. The minimum atomic E-state index is 0.0873. The third-order valence-electron chi connectivity index (χ3n) is 4.06. The highest BCUT2D eigenvalue weighted by Gasteiger charge is 2.22. The predicted octanol–water partition coefficient (Wildman–Crippen LogP) is 5.60. The van der Waals surface area contributed by atoms with E-state index in [-0.39, 0.29) is 11.4 Å². The van der Waals surface area contributed by atoms with Gasteiger partial charge in [-0.1, -0.05) is 35.5 Å². The fourth-order valence-electron chi connectivity index (χ4n) is 2.70. The van der Waals surface area contributed by atoms with Crippen LogP contribution in [0, 0.1) is 22.7 Å². The Kier molecular flexibility index (Phi) is 5.98. The van der Waals surface area contributed by atoms with E-state index in [1.165, 1.54) is 34.4 Å². The van der Waals surface area contributed by atoms with Crippen LogP contribution in [0.2, 0.25) is 5.02 Å². The monoisotopic (exact) mass is 466 g/mol. The smallest absolute Gasteiger partial charge is 0.143 e. The van der Waals surface area contributed by atoms with Crippen LogP contribution in [0.25, 0.3) is 21.1 Å². The lowest BCUT2D eigenvalue weighted by Crippen LogP contribution is -2.03. The topological polar surface area (TPSA) is 112 Å². The summed E-state index contributed by atoms with van der Waals surface area (Å²) in [6, 6.07) is 11.7. The molecular formula is C20H11ClN6S3. The van der Waals surface area contributed by atoms with Crippen molar-refractivity contribution in [1.29, 1.82) is 10.5 Å². The van der Waals surface area contributed by atoms with Gasteiger partial charge in [-0.15, -0.1) is 22.7 Å². The SMILES string of the molecule is N#Cc1c(N)nc(SCc2csc(-c3ccc(Cl)cc3)n2)c(C#N)c1-c1nccs1. The highest BCUT2D eigenvalue weighted by Crippen LogP contribution is 2.37. The molecule has 0 spiro atoms. The van der Waals surface area contributed by atoms with Gasteiger partial charge in [-0.25, -0.2) is 15.0 Å². The number of benzene rings is 1. The number of pyridine rings is 1. The van der Waals surface area contributed by atoms with Crippen molar-refractivity contribution in [3.8, 4) is 33.3 Å². The van der Waals surface area contributed by atoms with Gasteiger partial charge in [0.05, 0.1) is 16.8 Å². The number of thiazole rings is 2. The molecule has 0 radical (unpaired) electrons. The number of nitriles is 2. The highest BCUT2D eigenvalue weighted by atomic mass is 35.5. The van der Waals surface area contributed by atoms with Crippen molar-refractivity contribution in [1.82, 2.24) is 15.0 Å². The number of rotatable bonds is 5. The van der Waals surface area contributed by atoms with Crippen molar-refractivity contribution < 1.29 is 0 Å². The molecule has 30 heavy (non-hydrogen) atoms. The Labute approximate surface area is 189 Å². The molecule has 0 aliphatic rings. The summed E-state index contributed by atoms with van der Waals surface area (Å²) in [6.45, 7) is 0. The molecule has 0 saturated carbocycles. The molecule has 6 nitrogen and oxygen atoms in total. The molecular weight excluding hydrogens is 456 g/mol. The van der Waals surface area contributed by atoms with Crippen molar-refractivity contribution in [3.63, 3.8) is 0 Å². The van der Waals surface area contributed by atoms with Gasteiger partial charge >= 0.3 is 0 Å². The maximum atomic E-state index is 9.78. The molecule has 10 heteroatoms. The number of hydrogen-bond donors (Lipinski definition) is 1. The van der Waals surface area contributed by atoms with Crippen molar-refractivity contribution in [2.24, 2.45) is 0 Å². The van der Waals surface area contributed by atoms with Crippen LogP contribution in [0.15, 0.2) is 46.2 Å². The summed E-state index contributed by atoms with van der Waals surface area (Å²) >= 11 is 10.2. The molecule has 0 bridgehead atoms. The van der Waals surface area contributed by atoms with E-state index in [2.05, 4.69) is 27.1 Å². The fraction of sp³-hybridized carbons (Fsp3) is 0.0500. The van der Waals surface area contributed by atoms with E-state index >= 15 is 0 Å². The predicted molar refractivity (Wildman–Crippen MR) is 121 cm³/mol. The molecule has 1 aromatic carbocycles. The zero-order valence-electron chi connectivity index (χ0n) is 15.2. The number of hydrogen-bond acceptors (Lipinski definition) is 9. The van der Waals surface area contributed by atoms with Gasteiger partial charge in [0.15, 0.2) is 0 Å². The van der Waals surface area contributed by atoms with Crippen LogP contribution in [0.3, 0.4) is 0 Å². The molecule has 0 fully saturated rings. The summed E-state index contributed by atoms with van der Waals surface area (Å²) in [5.41, 5.74) is 8.78. The van der Waals surface area contributed by atoms with Gasteiger partial charge in [-0.2, -0.15) is 10.5 Å². The molecule has 146 valence electrons. The van der Waals surface area contributed by atoms with Gasteiger partial charge < -0.3 is 5.73 Å². The number of thioether (sulfide) groups is 1. The van der Waals surface area contributed by atoms with E-state index in [1.807, 2.05) is 29.6 Å². The summed E-state index contributed by atoms with van der Waals surface area (Å²) in [6.07, 6.45) is 1.62. The number of nitrogens with two attached hydrogens (primary N) is 1. The summed E-state index contributed by atoms with van der Waals surface area (Å²) in [5.74, 6) is 0.596. The van der Waals surface area contributed by atoms with E-state index in [4.69, 9.17) is 17.3 Å². The van der Waals surface area contributed by atoms with Gasteiger partial charge in [-0.3, -0.25) is 0 Å². The Bertz CT molecular complexity index is 1280. The van der Waals surface area contributed by atoms with E-state index in [0.717, 1.165) is 16.3 Å². The molecule has 0 atom stereocenters. The molecule has 4 rings (SSSR count). The van der Waals surface area contributed by atoms with Crippen molar-refractivity contribution >= 4 is 51.9 Å². The second-order valence-electron chi connectivity index (χ2n) is 5.93. The fourth-order valence-corrected chi connectivity index (χ4v) is 5.34. The summed E-state index contributed by atoms with van der Waals surface area (Å²) in [5, 5.41) is 25.6. The van der Waals surface area contributed by atoms with Crippen LogP contribution >= 0.6 is 46.0 Å². The number of nitrogen functional groups attached to an aromatic ring is 1. The third-order valence-corrected chi connectivity index (χ3v) is 7.05. The van der Waals surface area contributed by atoms with E-state index in [0.29, 0.717) is 31.9 Å². The van der Waals surface area contributed by atoms with Crippen molar-refractivity contribution in [3.05, 3.63) is 63.1 Å². The summed E-state index contributed by atoms with van der Waals surface area (Å²) in [7, 11) is 0. The first-order chi connectivity index (χ1) is 14.6. The molecule has 0 amide bonds. The largest absolute Gasteiger partial charge is 0.383 e. The minimum Gasteiger partial charge on any atom is -0.383 e. The van der Waals surface area contributed by atoms with Gasteiger partial charge in [0.2, 0.25) is 0 Å². The first kappa shape index (κ1) is 20.3. The molecule has 2 N–H and O–H groups in total. The van der Waals surface area contributed by atoms with Crippen LogP contribution in [0.5, 0.6) is 0 Å². The first-order valence-corrected chi connectivity index (χ1v) is 11.6. The Morgan fingerprint density at radius 3 is 2.47 bits per heavy atom. The maximum Gasteiger partial charge on any atom is 0.143 e. The van der Waals surface area contributed by atoms with Crippen molar-refractivity contribution in [2.75, 3.05) is 5.73 Å². The number of aromatic nitrogens is 3. The van der Waals surface area contributed by atoms with Crippen LogP contribution in [0.4, 0.5) is 5.82 Å². The molecule has 0 saturated heterocycles. The summed E-state index contributed by atoms with van der Waals surface area (Å²) < 4.78 is 0. The van der Waals surface area contributed by atoms with Gasteiger partial charge in [0.25, 0.3) is 0 Å². The Morgan fingerprint density at radius 1 is 1.03 bits per heavy atom. The molecule has 4 aromatic rings. The van der Waals surface area contributed by atoms with Gasteiger partial charge in [0.1, 0.15) is 38.6 Å². The van der Waals surface area contributed by atoms with Crippen LogP contribution in [-0.2, 0) is 5.75 Å². The van der Waals surface area contributed by atoms with E-state index < -0.39 is 0 Å². The minimum absolute atomic E-state index is 0.0873. The standard InChI is InChI=1S/C20H11ClN6S3/c21-12-3-1-11(2-4-12)18-26-13(9-29-18)10-30-19-15(8-23)16(20-25-5-6-28-20)14(7-22)17(24)27-19/h1-6,9H,10H2,(H2,24,27). The quantitative estimate of drug-likeness (QED) is 0.381. The van der Waals surface area contributed by atoms with Crippen LogP contribution < -0.4 is 5.73 Å². The average molecular weight is 467 g/mol. The lowest BCUT2D eigenvalue weighted by atomic mass is 10.1. The number of halogens is 1. The zero-order chi connectivity index (χ0) is 21.1. The lowest BCUT2D eigenvalue weighted by Gasteiger charge is -2.10. The second kappa shape index (κ2) is 8.82. The first-order valence-electron chi connectivity index (χ1n) is 8.47. The lowest BCUT2D eigenvalue weighted by molar-refractivity contribution is 1.11. The molecule has 0 aliphatic heterocycles. The van der Waals surface area contributed by atoms with Crippen LogP contribution in [0.1, 0.15) is 16.8 Å². The number of nitrogens with zero attached hydrogens (tertiary/aromatic N) is 5. The van der Waals surface area contributed by atoms with E-state index in [1.54, 1.807) is 11.6 Å². The Hall–Kier alpha value is -2.95. The van der Waals surface area contributed by atoms with Gasteiger partial charge in [-0.05, 0) is 12.1 Å². The average Bonchev–Trinajstić information content (AvgIpc) is 3.44. The Morgan fingerprint density at radius 2 is 1.80 bits per heavy atom. The molecule has 0 unspecified atom stereocenters. The third kappa shape index (κ3) is 4.02. The summed E-state index contributed by atoms with van der Waals surface area (Å²) in [4.78, 5) is 13.2. The van der Waals surface area contributed by atoms with Gasteiger partial charge in [0, 0.05) is 33.3 Å². The maximum absolute atomic E-state index is 9.78.